The number of nitrogens with zero attached hydrogens (tertiary/aromatic N) is 6. The van der Waals surface area contributed by atoms with E-state index in [1.165, 1.54) is 44.4 Å². The van der Waals surface area contributed by atoms with Crippen molar-refractivity contribution in [3.63, 3.8) is 0 Å². The number of hydrogen-bond acceptors (Lipinski definition) is 7. The zero-order valence-electron chi connectivity index (χ0n) is 22.2. The highest BCUT2D eigenvalue weighted by Crippen LogP contribution is 2.39. The number of fused-ring (bicyclic) bond motifs is 1. The van der Waals surface area contributed by atoms with Gasteiger partial charge in [0.15, 0.2) is 11.6 Å². The Balaban J connectivity index is 1.25. The first-order chi connectivity index (χ1) is 19.2. The Labute approximate surface area is 241 Å². The lowest BCUT2D eigenvalue weighted by molar-refractivity contribution is 0.151. The van der Waals surface area contributed by atoms with Crippen LogP contribution in [0.4, 0.5) is 10.2 Å². The molecule has 1 N–H and O–H groups in total. The molecule has 0 spiro atoms. The third-order valence-corrected chi connectivity index (χ3v) is 8.33. The van der Waals surface area contributed by atoms with E-state index < -0.39 is 11.9 Å². The smallest absolute Gasteiger partial charge is 0.167 e. The number of hydrogen-bond donors (Lipinski definition) is 1. The van der Waals surface area contributed by atoms with Crippen molar-refractivity contribution in [2.45, 2.75) is 32.8 Å². The molecule has 4 aromatic rings. The Hall–Kier alpha value is -3.45. The third kappa shape index (κ3) is 4.96. The monoisotopic (exact) mass is 579 g/mol. The van der Waals surface area contributed by atoms with Gasteiger partial charge in [-0.15, -0.1) is 0 Å². The van der Waals surface area contributed by atoms with Gasteiger partial charge in [-0.3, -0.25) is 10.1 Å². The molecule has 3 aromatic heterocycles. The molecule has 0 bridgehead atoms. The van der Waals surface area contributed by atoms with E-state index in [9.17, 15) is 9.65 Å². The molecule has 206 valence electrons. The van der Waals surface area contributed by atoms with Gasteiger partial charge >= 0.3 is 0 Å². The van der Waals surface area contributed by atoms with E-state index in [2.05, 4.69) is 43.0 Å². The quantitative estimate of drug-likeness (QED) is 0.270. The molecule has 0 saturated carbocycles. The molecule has 11 heteroatoms. The van der Waals surface area contributed by atoms with E-state index in [1.54, 1.807) is 25.3 Å². The molecule has 0 amide bonds. The van der Waals surface area contributed by atoms with E-state index in [4.69, 9.17) is 27.9 Å². The average Bonchev–Trinajstić information content (AvgIpc) is 3.56. The summed E-state index contributed by atoms with van der Waals surface area (Å²) < 4.78 is 20.9. The lowest BCUT2D eigenvalue weighted by Gasteiger charge is -2.50. The van der Waals surface area contributed by atoms with Crippen LogP contribution in [0.5, 0.6) is 5.75 Å². The van der Waals surface area contributed by atoms with Crippen LogP contribution in [0.1, 0.15) is 43.9 Å². The van der Waals surface area contributed by atoms with E-state index in [0.29, 0.717) is 49.2 Å². The highest BCUT2D eigenvalue weighted by atomic mass is 35.5. The van der Waals surface area contributed by atoms with Crippen molar-refractivity contribution < 1.29 is 9.13 Å². The molecule has 0 aliphatic carbocycles. The van der Waals surface area contributed by atoms with E-state index >= 15 is 0 Å². The molecule has 2 aliphatic rings. The minimum absolute atomic E-state index is 0.0227. The number of ether oxygens (including phenoxy) is 1. The van der Waals surface area contributed by atoms with Gasteiger partial charge in [-0.25, -0.2) is 9.37 Å². The molecule has 2 fully saturated rings. The highest BCUT2D eigenvalue weighted by Gasteiger charge is 2.41. The lowest BCUT2D eigenvalue weighted by atomic mass is 9.81. The Kier molecular flexibility index (Phi) is 7.03. The van der Waals surface area contributed by atoms with Gasteiger partial charge in [0, 0.05) is 66.2 Å². The van der Waals surface area contributed by atoms with Crippen LogP contribution in [0.15, 0.2) is 36.8 Å². The van der Waals surface area contributed by atoms with Gasteiger partial charge < -0.3 is 14.5 Å². The van der Waals surface area contributed by atoms with Crippen LogP contribution in [0.25, 0.3) is 22.2 Å². The van der Waals surface area contributed by atoms with E-state index in [-0.39, 0.29) is 11.2 Å². The summed E-state index contributed by atoms with van der Waals surface area (Å²) in [6.45, 7) is 9.17. The number of nitriles is 1. The summed E-state index contributed by atoms with van der Waals surface area (Å²) in [6.07, 6.45) is 6.56. The van der Waals surface area contributed by atoms with Crippen LogP contribution < -0.4 is 9.64 Å². The van der Waals surface area contributed by atoms with Gasteiger partial charge in [-0.1, -0.05) is 30.1 Å². The molecule has 40 heavy (non-hydrogen) atoms. The normalized spacial score (nSPS) is 17.6. The topological polar surface area (TPSA) is 94.0 Å². The van der Waals surface area contributed by atoms with Gasteiger partial charge in [0.1, 0.15) is 23.7 Å². The Morgan fingerprint density at radius 3 is 2.58 bits per heavy atom. The van der Waals surface area contributed by atoms with Gasteiger partial charge in [0.25, 0.3) is 0 Å². The summed E-state index contributed by atoms with van der Waals surface area (Å²) in [6, 6.07) is 7.01. The Morgan fingerprint density at radius 1 is 1.15 bits per heavy atom. The molecule has 0 radical (unpaired) electrons. The van der Waals surface area contributed by atoms with Crippen molar-refractivity contribution in [2.75, 3.05) is 37.6 Å². The fourth-order valence-electron chi connectivity index (χ4n) is 5.91. The maximum Gasteiger partial charge on any atom is 0.167 e. The predicted octanol–water partition coefficient (Wildman–Crippen LogP) is 6.40. The molecule has 8 nitrogen and oxygen atoms in total. The number of pyridine rings is 2. The fraction of sp³-hybridized carbons (Fsp3) is 0.379. The summed E-state index contributed by atoms with van der Waals surface area (Å²) in [5.41, 5.74) is 2.88. The van der Waals surface area contributed by atoms with Gasteiger partial charge in [-0.2, -0.15) is 10.4 Å². The number of rotatable bonds is 7. The minimum Gasteiger partial charge on any atom is -0.483 e. The third-order valence-electron chi connectivity index (χ3n) is 7.73. The molecule has 1 aromatic carbocycles. The summed E-state index contributed by atoms with van der Waals surface area (Å²) in [4.78, 5) is 13.3. The molecule has 1 atom stereocenters. The molecular formula is C29H28Cl2FN7O. The van der Waals surface area contributed by atoms with Crippen molar-refractivity contribution in [1.29, 1.82) is 5.26 Å². The summed E-state index contributed by atoms with van der Waals surface area (Å²) in [5, 5.41) is 18.6. The zero-order chi connectivity index (χ0) is 28.0. The number of aromatic nitrogens is 4. The van der Waals surface area contributed by atoms with Crippen molar-refractivity contribution in [2.24, 2.45) is 5.41 Å². The summed E-state index contributed by atoms with van der Waals surface area (Å²) >= 11 is 12.5. The lowest BCUT2D eigenvalue weighted by Crippen LogP contribution is -2.59. The SMILES string of the molecule is C[C@@H](Oc1cc2c(-c3cnc(N4CC(C)(CN5CCCC5)C4)c(C#N)c3)n[nH]c2cc1F)c1c(Cl)cncc1Cl. The molecular weight excluding hydrogens is 552 g/mol. The van der Waals surface area contributed by atoms with Crippen LogP contribution in [0.3, 0.4) is 0 Å². The largest absolute Gasteiger partial charge is 0.483 e. The second-order valence-electron chi connectivity index (χ2n) is 11.0. The number of nitrogens with one attached hydrogen (secondary N) is 1. The Bertz CT molecular complexity index is 1600. The molecule has 0 unspecified atom stereocenters. The van der Waals surface area contributed by atoms with Crippen LogP contribution in [0.2, 0.25) is 10.0 Å². The van der Waals surface area contributed by atoms with Crippen molar-refractivity contribution in [3.05, 3.63) is 63.8 Å². The predicted molar refractivity (Wildman–Crippen MR) is 153 cm³/mol. The summed E-state index contributed by atoms with van der Waals surface area (Å²) in [7, 11) is 0. The van der Waals surface area contributed by atoms with Crippen molar-refractivity contribution in [1.82, 2.24) is 25.1 Å². The first kappa shape index (κ1) is 26.8. The number of aromatic amines is 1. The van der Waals surface area contributed by atoms with E-state index in [1.807, 2.05) is 0 Å². The Morgan fingerprint density at radius 2 is 1.88 bits per heavy atom. The number of likely N-dealkylation sites (tertiary alicyclic amines) is 1. The van der Waals surface area contributed by atoms with Crippen LogP contribution in [0, 0.1) is 22.6 Å². The standard InChI is InChI=1S/C29H28Cl2FN7O/c1-17(26-21(30)12-34-13-22(26)31)40-25-8-20-24(9-23(25)32)36-37-27(20)19-7-18(10-33)28(35-11-19)39-15-29(2,16-39)14-38-5-3-4-6-38/h7-9,11-13,17H,3-6,14-16H2,1-2H3,(H,36,37)/t17-/m1/s1. The van der Waals surface area contributed by atoms with Gasteiger partial charge in [0.2, 0.25) is 0 Å². The number of H-pyrrole nitrogens is 1. The molecule has 6 rings (SSSR count). The first-order valence-corrected chi connectivity index (χ1v) is 14.0. The highest BCUT2D eigenvalue weighted by molar-refractivity contribution is 6.35. The molecule has 2 saturated heterocycles. The van der Waals surface area contributed by atoms with Gasteiger partial charge in [0.05, 0.1) is 21.1 Å². The molecule has 2 aliphatic heterocycles. The van der Waals surface area contributed by atoms with Crippen LogP contribution >= 0.6 is 23.2 Å². The van der Waals surface area contributed by atoms with Gasteiger partial charge in [-0.05, 0) is 45.0 Å². The van der Waals surface area contributed by atoms with E-state index in [0.717, 1.165) is 19.6 Å². The number of benzene rings is 1. The number of halogens is 3. The summed E-state index contributed by atoms with van der Waals surface area (Å²) in [5.74, 6) is 0.145. The van der Waals surface area contributed by atoms with Crippen LogP contribution in [-0.4, -0.2) is 57.8 Å². The second-order valence-corrected chi connectivity index (χ2v) is 11.8. The maximum atomic E-state index is 15.0. The fourth-order valence-corrected chi connectivity index (χ4v) is 6.59. The van der Waals surface area contributed by atoms with Crippen LogP contribution in [-0.2, 0) is 0 Å². The first-order valence-electron chi connectivity index (χ1n) is 13.3. The zero-order valence-corrected chi connectivity index (χ0v) is 23.7. The minimum atomic E-state index is -0.635. The van der Waals surface area contributed by atoms with Crippen molar-refractivity contribution >= 4 is 39.9 Å². The van der Waals surface area contributed by atoms with Crippen molar-refractivity contribution in [3.8, 4) is 23.1 Å². The second kappa shape index (κ2) is 10.5. The number of anilines is 1. The molecule has 5 heterocycles. The average molecular weight is 580 g/mol. The maximum absolute atomic E-state index is 15.0.